The van der Waals surface area contributed by atoms with Crippen LogP contribution >= 0.6 is 11.6 Å². The van der Waals surface area contributed by atoms with Gasteiger partial charge in [-0.1, -0.05) is 11.6 Å². The minimum atomic E-state index is 0.198. The average Bonchev–Trinajstić information content (AvgIpc) is 2.30. The number of hydrogen-bond acceptors (Lipinski definition) is 3. The molecule has 0 spiro atoms. The van der Waals surface area contributed by atoms with Crippen LogP contribution in [-0.4, -0.2) is 18.1 Å². The van der Waals surface area contributed by atoms with Gasteiger partial charge in [-0.3, -0.25) is 0 Å². The minimum Gasteiger partial charge on any atom is -0.355 e. The summed E-state index contributed by atoms with van der Waals surface area (Å²) in [4.78, 5) is 6.41. The summed E-state index contributed by atoms with van der Waals surface area (Å²) < 4.78 is 0. The highest BCUT2D eigenvalue weighted by atomic mass is 35.5. The third-order valence-corrected chi connectivity index (χ3v) is 3.01. The first-order chi connectivity index (χ1) is 7.31. The summed E-state index contributed by atoms with van der Waals surface area (Å²) in [5, 5.41) is 9.48. The average molecular weight is 222 g/mol. The predicted molar refractivity (Wildman–Crippen MR) is 59.8 cm³/mol. The van der Waals surface area contributed by atoms with Gasteiger partial charge in [0.1, 0.15) is 5.82 Å². The van der Waals surface area contributed by atoms with Gasteiger partial charge < -0.3 is 4.90 Å². The Bertz CT molecular complexity index is 378. The van der Waals surface area contributed by atoms with Gasteiger partial charge in [-0.25, -0.2) is 4.98 Å². The second-order valence-corrected chi connectivity index (χ2v) is 4.11. The number of anilines is 1. The standard InChI is InChI=1S/C11H12ClN3/c12-10-2-1-5-14-11(10)15-6-3-9(8-13)4-7-15/h1-2,5,9H,3-4,6-7H2. The van der Waals surface area contributed by atoms with Gasteiger partial charge in [0.15, 0.2) is 0 Å². The summed E-state index contributed by atoms with van der Waals surface area (Å²) in [5.41, 5.74) is 0. The van der Waals surface area contributed by atoms with Crippen LogP contribution < -0.4 is 4.90 Å². The van der Waals surface area contributed by atoms with Crippen LogP contribution in [0.4, 0.5) is 5.82 Å². The van der Waals surface area contributed by atoms with Crippen molar-refractivity contribution in [2.75, 3.05) is 18.0 Å². The molecule has 2 rings (SSSR count). The molecule has 0 aliphatic carbocycles. The van der Waals surface area contributed by atoms with Crippen molar-refractivity contribution in [2.24, 2.45) is 5.92 Å². The molecule has 15 heavy (non-hydrogen) atoms. The van der Waals surface area contributed by atoms with Crippen LogP contribution in [0.5, 0.6) is 0 Å². The van der Waals surface area contributed by atoms with E-state index in [1.54, 1.807) is 6.20 Å². The molecule has 1 aromatic rings. The molecule has 1 fully saturated rings. The molecular formula is C11H12ClN3. The Balaban J connectivity index is 2.08. The Morgan fingerprint density at radius 1 is 1.47 bits per heavy atom. The zero-order valence-corrected chi connectivity index (χ0v) is 9.11. The van der Waals surface area contributed by atoms with Crippen molar-refractivity contribution in [2.45, 2.75) is 12.8 Å². The third-order valence-electron chi connectivity index (χ3n) is 2.72. The number of nitriles is 1. The first kappa shape index (κ1) is 10.3. The highest BCUT2D eigenvalue weighted by Crippen LogP contribution is 2.26. The Morgan fingerprint density at radius 2 is 2.20 bits per heavy atom. The van der Waals surface area contributed by atoms with Crippen LogP contribution in [0, 0.1) is 17.2 Å². The van der Waals surface area contributed by atoms with Gasteiger partial charge in [0, 0.05) is 25.2 Å². The van der Waals surface area contributed by atoms with Crippen LogP contribution in [0.15, 0.2) is 18.3 Å². The van der Waals surface area contributed by atoms with E-state index < -0.39 is 0 Å². The molecule has 0 aromatic carbocycles. The maximum absolute atomic E-state index is 8.79. The first-order valence-electron chi connectivity index (χ1n) is 5.06. The number of pyridine rings is 1. The van der Waals surface area contributed by atoms with Gasteiger partial charge in [-0.05, 0) is 25.0 Å². The van der Waals surface area contributed by atoms with Crippen molar-refractivity contribution in [3.8, 4) is 6.07 Å². The fourth-order valence-electron chi connectivity index (χ4n) is 1.83. The predicted octanol–water partition coefficient (Wildman–Crippen LogP) is 2.47. The maximum Gasteiger partial charge on any atom is 0.147 e. The summed E-state index contributed by atoms with van der Waals surface area (Å²) in [7, 11) is 0. The third kappa shape index (κ3) is 2.21. The van der Waals surface area contributed by atoms with E-state index in [2.05, 4.69) is 16.0 Å². The largest absolute Gasteiger partial charge is 0.355 e. The number of halogens is 1. The molecule has 1 aliphatic rings. The van der Waals surface area contributed by atoms with Gasteiger partial charge in [-0.15, -0.1) is 0 Å². The van der Waals surface area contributed by atoms with E-state index >= 15 is 0 Å². The van der Waals surface area contributed by atoms with Crippen molar-refractivity contribution in [1.29, 1.82) is 5.26 Å². The van der Waals surface area contributed by atoms with E-state index in [0.717, 1.165) is 31.7 Å². The highest BCUT2D eigenvalue weighted by Gasteiger charge is 2.20. The first-order valence-corrected chi connectivity index (χ1v) is 5.44. The van der Waals surface area contributed by atoms with E-state index in [4.69, 9.17) is 16.9 Å². The topological polar surface area (TPSA) is 39.9 Å². The zero-order valence-electron chi connectivity index (χ0n) is 8.36. The molecule has 1 saturated heterocycles. The van der Waals surface area contributed by atoms with Crippen LogP contribution in [0.2, 0.25) is 5.02 Å². The molecule has 0 saturated carbocycles. The monoisotopic (exact) mass is 221 g/mol. The molecule has 78 valence electrons. The van der Waals surface area contributed by atoms with Gasteiger partial charge in [-0.2, -0.15) is 5.26 Å². The minimum absolute atomic E-state index is 0.198. The molecule has 1 aromatic heterocycles. The Labute approximate surface area is 94.3 Å². The van der Waals surface area contributed by atoms with Crippen molar-refractivity contribution >= 4 is 17.4 Å². The molecule has 0 N–H and O–H groups in total. The highest BCUT2D eigenvalue weighted by molar-refractivity contribution is 6.32. The van der Waals surface area contributed by atoms with E-state index in [0.29, 0.717) is 5.02 Å². The van der Waals surface area contributed by atoms with Crippen molar-refractivity contribution < 1.29 is 0 Å². The lowest BCUT2D eigenvalue weighted by Gasteiger charge is -2.30. The van der Waals surface area contributed by atoms with Crippen molar-refractivity contribution in [1.82, 2.24) is 4.98 Å². The summed E-state index contributed by atoms with van der Waals surface area (Å²) in [5.74, 6) is 1.04. The van der Waals surface area contributed by atoms with Crippen LogP contribution in [-0.2, 0) is 0 Å². The Kier molecular flexibility index (Phi) is 3.08. The molecule has 0 radical (unpaired) electrons. The van der Waals surface area contributed by atoms with E-state index in [9.17, 15) is 0 Å². The lowest BCUT2D eigenvalue weighted by atomic mass is 9.99. The Morgan fingerprint density at radius 3 is 2.80 bits per heavy atom. The van der Waals surface area contributed by atoms with Crippen LogP contribution in [0.25, 0.3) is 0 Å². The lowest BCUT2D eigenvalue weighted by Crippen LogP contribution is -2.33. The van der Waals surface area contributed by atoms with Gasteiger partial charge in [0.05, 0.1) is 11.1 Å². The number of aromatic nitrogens is 1. The fraction of sp³-hybridized carbons (Fsp3) is 0.455. The number of nitrogens with zero attached hydrogens (tertiary/aromatic N) is 3. The maximum atomic E-state index is 8.79. The summed E-state index contributed by atoms with van der Waals surface area (Å²) >= 11 is 6.06. The van der Waals surface area contributed by atoms with Crippen molar-refractivity contribution in [3.05, 3.63) is 23.4 Å². The zero-order chi connectivity index (χ0) is 10.7. The molecule has 0 unspecified atom stereocenters. The van der Waals surface area contributed by atoms with Gasteiger partial charge in [0.25, 0.3) is 0 Å². The molecule has 0 atom stereocenters. The molecule has 1 aliphatic heterocycles. The number of hydrogen-bond donors (Lipinski definition) is 0. The molecular weight excluding hydrogens is 210 g/mol. The van der Waals surface area contributed by atoms with Crippen molar-refractivity contribution in [3.63, 3.8) is 0 Å². The smallest absolute Gasteiger partial charge is 0.147 e. The van der Waals surface area contributed by atoms with E-state index in [1.807, 2.05) is 12.1 Å². The lowest BCUT2D eigenvalue weighted by molar-refractivity contribution is 0.485. The fourth-order valence-corrected chi connectivity index (χ4v) is 2.07. The summed E-state index contributed by atoms with van der Waals surface area (Å²) in [6, 6.07) is 5.99. The van der Waals surface area contributed by atoms with Gasteiger partial charge in [0.2, 0.25) is 0 Å². The van der Waals surface area contributed by atoms with E-state index in [1.165, 1.54) is 0 Å². The SMILES string of the molecule is N#CC1CCN(c2ncccc2Cl)CC1. The van der Waals surface area contributed by atoms with E-state index in [-0.39, 0.29) is 5.92 Å². The van der Waals surface area contributed by atoms with Gasteiger partial charge >= 0.3 is 0 Å². The molecule has 2 heterocycles. The normalized spacial score (nSPS) is 17.5. The summed E-state index contributed by atoms with van der Waals surface area (Å²) in [6.45, 7) is 1.74. The second-order valence-electron chi connectivity index (χ2n) is 3.70. The molecule has 4 heteroatoms. The molecule has 0 bridgehead atoms. The van der Waals surface area contributed by atoms with Crippen LogP contribution in [0.1, 0.15) is 12.8 Å². The molecule has 3 nitrogen and oxygen atoms in total. The Hall–Kier alpha value is -1.27. The molecule has 0 amide bonds. The summed E-state index contributed by atoms with van der Waals surface area (Å²) in [6.07, 6.45) is 3.56. The number of rotatable bonds is 1. The quantitative estimate of drug-likeness (QED) is 0.732. The number of piperidine rings is 1. The second kappa shape index (κ2) is 4.50. The van der Waals surface area contributed by atoms with Crippen LogP contribution in [0.3, 0.4) is 0 Å².